The van der Waals surface area contributed by atoms with E-state index in [1.807, 2.05) is 0 Å². The van der Waals surface area contributed by atoms with Crippen molar-refractivity contribution in [2.24, 2.45) is 5.41 Å². The third-order valence-corrected chi connectivity index (χ3v) is 5.56. The zero-order chi connectivity index (χ0) is 14.3. The second-order valence-electron chi connectivity index (χ2n) is 7.18. The number of benzene rings is 1. The van der Waals surface area contributed by atoms with Crippen LogP contribution in [0.5, 0.6) is 0 Å². The minimum atomic E-state index is 0.302. The van der Waals surface area contributed by atoms with Gasteiger partial charge in [-0.15, -0.1) is 0 Å². The van der Waals surface area contributed by atoms with E-state index in [4.69, 9.17) is 0 Å². The highest BCUT2D eigenvalue weighted by Gasteiger charge is 2.40. The van der Waals surface area contributed by atoms with E-state index in [1.54, 1.807) is 0 Å². The number of rotatable bonds is 3. The van der Waals surface area contributed by atoms with E-state index in [2.05, 4.69) is 34.5 Å². The van der Waals surface area contributed by atoms with Crippen LogP contribution in [0.3, 0.4) is 0 Å². The fourth-order valence-electron chi connectivity index (χ4n) is 3.67. The van der Waals surface area contributed by atoms with Crippen LogP contribution in [0.1, 0.15) is 42.7 Å². The molecule has 4 rings (SSSR count). The summed E-state index contributed by atoms with van der Waals surface area (Å²) in [4.78, 5) is 14.5. The van der Waals surface area contributed by atoms with Gasteiger partial charge in [-0.05, 0) is 48.1 Å². The summed E-state index contributed by atoms with van der Waals surface area (Å²) in [6.07, 6.45) is 5.58. The largest absolute Gasteiger partial charge is 0.342 e. The fraction of sp³-hybridized carbons (Fsp3) is 0.611. The van der Waals surface area contributed by atoms with Crippen molar-refractivity contribution >= 4 is 5.91 Å². The highest BCUT2D eigenvalue weighted by Crippen LogP contribution is 2.40. The number of nitrogens with zero attached hydrogens (tertiary/aromatic N) is 1. The number of hydrogen-bond donors (Lipinski definition) is 1. The molecule has 0 bridgehead atoms. The Bertz CT molecular complexity index is 519. The maximum Gasteiger partial charge on any atom is 0.226 e. The standard InChI is InChI=1S/C18H24N2O/c21-17(20-9-7-18(8-10-20)12-19-13-18)11-14-1-3-15(4-2-14)16-5-6-16/h1-4,16,19H,5-13H2. The molecular weight excluding hydrogens is 260 g/mol. The van der Waals surface area contributed by atoms with Crippen LogP contribution in [-0.4, -0.2) is 37.0 Å². The number of piperidine rings is 1. The van der Waals surface area contributed by atoms with Crippen LogP contribution in [0.25, 0.3) is 0 Å². The molecule has 3 aliphatic rings. The first kappa shape index (κ1) is 13.3. The summed E-state index contributed by atoms with van der Waals surface area (Å²) >= 11 is 0. The molecule has 21 heavy (non-hydrogen) atoms. The van der Waals surface area contributed by atoms with Gasteiger partial charge in [0.25, 0.3) is 0 Å². The smallest absolute Gasteiger partial charge is 0.226 e. The van der Waals surface area contributed by atoms with E-state index in [1.165, 1.54) is 31.2 Å². The minimum absolute atomic E-state index is 0.302. The van der Waals surface area contributed by atoms with Crippen molar-refractivity contribution in [3.05, 3.63) is 35.4 Å². The van der Waals surface area contributed by atoms with Gasteiger partial charge in [0.2, 0.25) is 5.91 Å². The second kappa shape index (κ2) is 5.13. The van der Waals surface area contributed by atoms with Crippen LogP contribution in [0, 0.1) is 5.41 Å². The predicted octanol–water partition coefficient (Wildman–Crippen LogP) is 2.32. The Balaban J connectivity index is 1.32. The van der Waals surface area contributed by atoms with Crippen LogP contribution in [-0.2, 0) is 11.2 Å². The molecule has 0 radical (unpaired) electrons. The Hall–Kier alpha value is -1.35. The molecule has 1 N–H and O–H groups in total. The van der Waals surface area contributed by atoms with E-state index in [9.17, 15) is 4.79 Å². The molecule has 2 aliphatic heterocycles. The molecule has 1 aromatic carbocycles. The Kier molecular flexibility index (Phi) is 3.26. The van der Waals surface area contributed by atoms with Gasteiger partial charge in [0.1, 0.15) is 0 Å². The summed E-state index contributed by atoms with van der Waals surface area (Å²) in [6, 6.07) is 8.72. The molecule has 0 aromatic heterocycles. The first-order valence-electron chi connectivity index (χ1n) is 8.32. The molecule has 1 amide bonds. The molecule has 2 heterocycles. The SMILES string of the molecule is O=C(Cc1ccc(C2CC2)cc1)N1CCC2(CC1)CNC2. The second-order valence-corrected chi connectivity index (χ2v) is 7.18. The summed E-state index contributed by atoms with van der Waals surface area (Å²) in [6.45, 7) is 4.19. The molecule has 3 nitrogen and oxygen atoms in total. The highest BCUT2D eigenvalue weighted by molar-refractivity contribution is 5.78. The van der Waals surface area contributed by atoms with E-state index >= 15 is 0 Å². The van der Waals surface area contributed by atoms with Crippen LogP contribution in [0.2, 0.25) is 0 Å². The molecule has 1 aliphatic carbocycles. The Morgan fingerprint density at radius 3 is 2.33 bits per heavy atom. The van der Waals surface area contributed by atoms with Crippen molar-refractivity contribution in [3.8, 4) is 0 Å². The van der Waals surface area contributed by atoms with Gasteiger partial charge in [0.15, 0.2) is 0 Å². The first-order valence-corrected chi connectivity index (χ1v) is 8.32. The van der Waals surface area contributed by atoms with Crippen molar-refractivity contribution in [1.29, 1.82) is 0 Å². The Morgan fingerprint density at radius 2 is 1.81 bits per heavy atom. The van der Waals surface area contributed by atoms with Gasteiger partial charge in [-0.1, -0.05) is 24.3 Å². The van der Waals surface area contributed by atoms with Gasteiger partial charge in [-0.2, -0.15) is 0 Å². The monoisotopic (exact) mass is 284 g/mol. The van der Waals surface area contributed by atoms with Crippen molar-refractivity contribution in [1.82, 2.24) is 10.2 Å². The predicted molar refractivity (Wildman–Crippen MR) is 83.2 cm³/mol. The molecule has 0 atom stereocenters. The van der Waals surface area contributed by atoms with Gasteiger partial charge in [0.05, 0.1) is 6.42 Å². The molecular formula is C18H24N2O. The van der Waals surface area contributed by atoms with Crippen LogP contribution in [0.15, 0.2) is 24.3 Å². The average Bonchev–Trinajstić information content (AvgIpc) is 3.31. The lowest BCUT2D eigenvalue weighted by Crippen LogP contribution is -2.58. The summed E-state index contributed by atoms with van der Waals surface area (Å²) < 4.78 is 0. The molecule has 112 valence electrons. The van der Waals surface area contributed by atoms with Crippen LogP contribution in [0.4, 0.5) is 0 Å². The van der Waals surface area contributed by atoms with E-state index < -0.39 is 0 Å². The molecule has 2 saturated heterocycles. The van der Waals surface area contributed by atoms with Crippen molar-refractivity contribution in [3.63, 3.8) is 0 Å². The lowest BCUT2D eigenvalue weighted by atomic mass is 9.73. The number of likely N-dealkylation sites (tertiary alicyclic amines) is 1. The summed E-state index contributed by atoms with van der Waals surface area (Å²) in [5, 5.41) is 3.37. The maximum atomic E-state index is 12.4. The third kappa shape index (κ3) is 2.71. The third-order valence-electron chi connectivity index (χ3n) is 5.56. The first-order chi connectivity index (χ1) is 10.2. The number of carbonyl (C=O) groups is 1. The minimum Gasteiger partial charge on any atom is -0.342 e. The van der Waals surface area contributed by atoms with Gasteiger partial charge in [0, 0.05) is 26.2 Å². The Labute approximate surface area is 126 Å². The van der Waals surface area contributed by atoms with Gasteiger partial charge in [-0.25, -0.2) is 0 Å². The van der Waals surface area contributed by atoms with Crippen molar-refractivity contribution < 1.29 is 4.79 Å². The van der Waals surface area contributed by atoms with Crippen LogP contribution < -0.4 is 5.32 Å². The van der Waals surface area contributed by atoms with E-state index in [0.29, 0.717) is 17.7 Å². The molecule has 1 saturated carbocycles. The van der Waals surface area contributed by atoms with Gasteiger partial charge in [-0.3, -0.25) is 4.79 Å². The zero-order valence-electron chi connectivity index (χ0n) is 12.6. The highest BCUT2D eigenvalue weighted by atomic mass is 16.2. The van der Waals surface area contributed by atoms with Crippen molar-refractivity contribution in [2.75, 3.05) is 26.2 Å². The quantitative estimate of drug-likeness (QED) is 0.924. The lowest BCUT2D eigenvalue weighted by Gasteiger charge is -2.48. The lowest BCUT2D eigenvalue weighted by molar-refractivity contribution is -0.133. The maximum absolute atomic E-state index is 12.4. The average molecular weight is 284 g/mol. The number of nitrogens with one attached hydrogen (secondary N) is 1. The summed E-state index contributed by atoms with van der Waals surface area (Å²) in [5.41, 5.74) is 3.13. The molecule has 0 unspecified atom stereocenters. The number of hydrogen-bond acceptors (Lipinski definition) is 2. The van der Waals surface area contributed by atoms with Crippen molar-refractivity contribution in [2.45, 2.75) is 38.0 Å². The van der Waals surface area contributed by atoms with Gasteiger partial charge < -0.3 is 10.2 Å². The molecule has 3 heteroatoms. The summed E-state index contributed by atoms with van der Waals surface area (Å²) in [5.74, 6) is 1.10. The number of amides is 1. The molecule has 1 spiro atoms. The summed E-state index contributed by atoms with van der Waals surface area (Å²) in [7, 11) is 0. The van der Waals surface area contributed by atoms with Crippen LogP contribution >= 0.6 is 0 Å². The zero-order valence-corrected chi connectivity index (χ0v) is 12.6. The normalized spacial score (nSPS) is 23.9. The van der Waals surface area contributed by atoms with E-state index in [-0.39, 0.29) is 0 Å². The fourth-order valence-corrected chi connectivity index (χ4v) is 3.67. The topological polar surface area (TPSA) is 32.3 Å². The van der Waals surface area contributed by atoms with E-state index in [0.717, 1.165) is 37.7 Å². The molecule has 3 fully saturated rings. The molecule has 1 aromatic rings. The number of carbonyl (C=O) groups excluding carboxylic acids is 1. The Morgan fingerprint density at radius 1 is 1.14 bits per heavy atom. The van der Waals surface area contributed by atoms with Gasteiger partial charge >= 0.3 is 0 Å².